The number of aliphatic hydroxyl groups excluding tert-OH is 1. The molecule has 2 N–H and O–H groups in total. The Balaban J connectivity index is 3.04. The van der Waals surface area contributed by atoms with Gasteiger partial charge in [-0.2, -0.15) is 0 Å². The molecule has 5 heteroatoms. The summed E-state index contributed by atoms with van der Waals surface area (Å²) in [6.07, 6.45) is 3.19. The number of carbonyl (C=O) groups excluding carboxylic acids is 1. The van der Waals surface area contributed by atoms with Crippen LogP contribution in [0.5, 0.6) is 0 Å². The number of aliphatic hydroxyl groups is 1. The Morgan fingerprint density at radius 1 is 1.56 bits per heavy atom. The number of carbonyl (C=O) groups is 1. The van der Waals surface area contributed by atoms with Crippen molar-refractivity contribution in [1.29, 1.82) is 0 Å². The Morgan fingerprint density at radius 2 is 2.22 bits per heavy atom. The van der Waals surface area contributed by atoms with E-state index in [-0.39, 0.29) is 12.5 Å². The fourth-order valence-electron chi connectivity index (χ4n) is 1.47. The van der Waals surface area contributed by atoms with Crippen molar-refractivity contribution in [2.24, 2.45) is 0 Å². The molecule has 1 rings (SSSR count). The normalized spacial score (nSPS) is 11.2. The molecule has 0 aliphatic heterocycles. The number of rotatable bonds is 5. The average Bonchev–Trinajstić information content (AvgIpc) is 2.38. The summed E-state index contributed by atoms with van der Waals surface area (Å²) in [5.41, 5.74) is 0.678. The van der Waals surface area contributed by atoms with Crippen molar-refractivity contribution in [2.75, 3.05) is 25.5 Å². The van der Waals surface area contributed by atoms with Gasteiger partial charge >= 0.3 is 0 Å². The highest BCUT2D eigenvalue weighted by Crippen LogP contribution is 2.20. The molecule has 0 radical (unpaired) electrons. The maximum Gasteiger partial charge on any atom is 0.257 e. The number of aromatic nitrogens is 1. The van der Waals surface area contributed by atoms with Crippen molar-refractivity contribution >= 4 is 11.6 Å². The quantitative estimate of drug-likeness (QED) is 0.829. The molecule has 0 aromatic carbocycles. The van der Waals surface area contributed by atoms with Gasteiger partial charge in [0.25, 0.3) is 5.91 Å². The molecule has 0 saturated carbocycles. The molecular weight excluding hydrogens is 230 g/mol. The van der Waals surface area contributed by atoms with Gasteiger partial charge in [-0.25, -0.2) is 0 Å². The summed E-state index contributed by atoms with van der Waals surface area (Å²) in [6.45, 7) is 6.24. The second kappa shape index (κ2) is 5.82. The molecule has 0 aliphatic carbocycles. The lowest BCUT2D eigenvalue weighted by Crippen LogP contribution is -2.47. The maximum absolute atomic E-state index is 12.4. The van der Waals surface area contributed by atoms with Gasteiger partial charge in [0.1, 0.15) is 0 Å². The molecule has 100 valence electrons. The number of amides is 1. The molecule has 5 nitrogen and oxygen atoms in total. The number of anilines is 1. The molecule has 1 amide bonds. The van der Waals surface area contributed by atoms with Gasteiger partial charge in [0.15, 0.2) is 0 Å². The van der Waals surface area contributed by atoms with E-state index in [1.54, 1.807) is 25.5 Å². The van der Waals surface area contributed by atoms with Crippen molar-refractivity contribution in [3.63, 3.8) is 0 Å². The predicted molar refractivity (Wildman–Crippen MR) is 71.7 cm³/mol. The van der Waals surface area contributed by atoms with E-state index in [4.69, 9.17) is 0 Å². The molecule has 0 spiro atoms. The second-order valence-electron chi connectivity index (χ2n) is 4.79. The molecule has 0 saturated heterocycles. The molecule has 18 heavy (non-hydrogen) atoms. The van der Waals surface area contributed by atoms with Crippen molar-refractivity contribution < 1.29 is 9.90 Å². The van der Waals surface area contributed by atoms with Crippen molar-refractivity contribution in [3.8, 4) is 0 Å². The van der Waals surface area contributed by atoms with E-state index in [0.717, 1.165) is 12.2 Å². The van der Waals surface area contributed by atoms with Crippen LogP contribution in [0.4, 0.5) is 5.69 Å². The predicted octanol–water partition coefficient (Wildman–Crippen LogP) is 1.36. The Hall–Kier alpha value is -1.62. The third kappa shape index (κ3) is 2.98. The fraction of sp³-hybridized carbons (Fsp3) is 0.538. The first kappa shape index (κ1) is 14.4. The molecule has 1 aromatic heterocycles. The zero-order valence-electron chi connectivity index (χ0n) is 11.4. The van der Waals surface area contributed by atoms with E-state index in [0.29, 0.717) is 5.56 Å². The van der Waals surface area contributed by atoms with Gasteiger partial charge in [0.2, 0.25) is 0 Å². The summed E-state index contributed by atoms with van der Waals surface area (Å²) in [6, 6.07) is 1.77. The number of nitrogens with zero attached hydrogens (tertiary/aromatic N) is 2. The van der Waals surface area contributed by atoms with E-state index in [1.165, 1.54) is 4.90 Å². The summed E-state index contributed by atoms with van der Waals surface area (Å²) in [7, 11) is 1.68. The number of pyridine rings is 1. The maximum atomic E-state index is 12.4. The van der Waals surface area contributed by atoms with Crippen LogP contribution in [0.25, 0.3) is 0 Å². The van der Waals surface area contributed by atoms with Crippen molar-refractivity contribution in [3.05, 3.63) is 24.0 Å². The smallest absolute Gasteiger partial charge is 0.257 e. The third-order valence-electron chi connectivity index (χ3n) is 3.02. The standard InChI is InChI=1S/C13H21N3O2/c1-5-15-11-6-7-14-8-10(11)12(18)16(4)13(2,3)9-17/h6-8,17H,5,9H2,1-4H3,(H,14,15). The van der Waals surface area contributed by atoms with Gasteiger partial charge in [-0.3, -0.25) is 9.78 Å². The molecule has 0 fully saturated rings. The van der Waals surface area contributed by atoms with Crippen LogP contribution in [0.2, 0.25) is 0 Å². The Kier molecular flexibility index (Phi) is 4.67. The minimum Gasteiger partial charge on any atom is -0.394 e. The topological polar surface area (TPSA) is 65.5 Å². The molecule has 0 aliphatic rings. The number of nitrogens with one attached hydrogen (secondary N) is 1. The summed E-state index contributed by atoms with van der Waals surface area (Å²) >= 11 is 0. The lowest BCUT2D eigenvalue weighted by molar-refractivity contribution is 0.0473. The SMILES string of the molecule is CCNc1ccncc1C(=O)N(C)C(C)(C)CO. The first-order valence-electron chi connectivity index (χ1n) is 6.01. The molecule has 0 atom stereocenters. The van der Waals surface area contributed by atoms with Gasteiger partial charge in [-0.05, 0) is 26.8 Å². The number of likely N-dealkylation sites (N-methyl/N-ethyl adjacent to an activating group) is 1. The first-order chi connectivity index (χ1) is 8.44. The van der Waals surface area contributed by atoms with Gasteiger partial charge in [-0.1, -0.05) is 0 Å². The molecule has 1 heterocycles. The van der Waals surface area contributed by atoms with Gasteiger partial charge in [0.05, 0.1) is 23.4 Å². The molecule has 1 aromatic rings. The van der Waals surface area contributed by atoms with Gasteiger partial charge < -0.3 is 15.3 Å². The van der Waals surface area contributed by atoms with Crippen LogP contribution < -0.4 is 5.32 Å². The molecule has 0 bridgehead atoms. The first-order valence-corrected chi connectivity index (χ1v) is 6.01. The van der Waals surface area contributed by atoms with Gasteiger partial charge in [-0.15, -0.1) is 0 Å². The van der Waals surface area contributed by atoms with Crippen LogP contribution >= 0.6 is 0 Å². The zero-order chi connectivity index (χ0) is 13.8. The van der Waals surface area contributed by atoms with E-state index >= 15 is 0 Å². The van der Waals surface area contributed by atoms with Crippen LogP contribution in [0.3, 0.4) is 0 Å². The van der Waals surface area contributed by atoms with Crippen LogP contribution in [-0.4, -0.2) is 46.6 Å². The van der Waals surface area contributed by atoms with Gasteiger partial charge in [0, 0.05) is 26.0 Å². The largest absolute Gasteiger partial charge is 0.394 e. The second-order valence-corrected chi connectivity index (χ2v) is 4.79. The zero-order valence-corrected chi connectivity index (χ0v) is 11.4. The van der Waals surface area contributed by atoms with Crippen molar-refractivity contribution in [1.82, 2.24) is 9.88 Å². The average molecular weight is 251 g/mol. The lowest BCUT2D eigenvalue weighted by atomic mass is 10.0. The number of hydrogen-bond acceptors (Lipinski definition) is 4. The monoisotopic (exact) mass is 251 g/mol. The molecule has 0 unspecified atom stereocenters. The van der Waals surface area contributed by atoms with E-state index in [9.17, 15) is 9.90 Å². The van der Waals surface area contributed by atoms with Crippen LogP contribution in [0, 0.1) is 0 Å². The van der Waals surface area contributed by atoms with E-state index in [1.807, 2.05) is 20.8 Å². The van der Waals surface area contributed by atoms with Crippen LogP contribution in [0.15, 0.2) is 18.5 Å². The summed E-state index contributed by atoms with van der Waals surface area (Å²) < 4.78 is 0. The lowest BCUT2D eigenvalue weighted by Gasteiger charge is -2.34. The summed E-state index contributed by atoms with van der Waals surface area (Å²) in [5, 5.41) is 12.4. The van der Waals surface area contributed by atoms with E-state index in [2.05, 4.69) is 10.3 Å². The minimum absolute atomic E-state index is 0.0912. The Labute approximate surface area is 108 Å². The van der Waals surface area contributed by atoms with Crippen LogP contribution in [-0.2, 0) is 0 Å². The van der Waals surface area contributed by atoms with Crippen molar-refractivity contribution in [2.45, 2.75) is 26.3 Å². The molecular formula is C13H21N3O2. The highest BCUT2D eigenvalue weighted by atomic mass is 16.3. The van der Waals surface area contributed by atoms with Crippen LogP contribution in [0.1, 0.15) is 31.1 Å². The highest BCUT2D eigenvalue weighted by molar-refractivity contribution is 5.99. The summed E-state index contributed by atoms with van der Waals surface area (Å²) in [5.74, 6) is -0.155. The highest BCUT2D eigenvalue weighted by Gasteiger charge is 2.28. The summed E-state index contributed by atoms with van der Waals surface area (Å²) in [4.78, 5) is 17.9. The minimum atomic E-state index is -0.601. The fourth-order valence-corrected chi connectivity index (χ4v) is 1.47. The Morgan fingerprint density at radius 3 is 2.78 bits per heavy atom. The Bertz CT molecular complexity index is 418. The third-order valence-corrected chi connectivity index (χ3v) is 3.02. The number of hydrogen-bond donors (Lipinski definition) is 2. The van der Waals surface area contributed by atoms with E-state index < -0.39 is 5.54 Å².